The fraction of sp³-hybridized carbons (Fsp3) is 0.300. The molecule has 3 aromatic rings. The van der Waals surface area contributed by atoms with Gasteiger partial charge in [0.25, 0.3) is 0 Å². The summed E-state index contributed by atoms with van der Waals surface area (Å²) in [6, 6.07) is 11.8. The third-order valence-corrected chi connectivity index (χ3v) is 6.49. The fourth-order valence-electron chi connectivity index (χ4n) is 4.66. The number of rotatable bonds is 1. The van der Waals surface area contributed by atoms with Gasteiger partial charge in [-0.15, -0.1) is 0 Å². The largest absolute Gasteiger partial charge is 0.494 e. The maximum atomic E-state index is 11.0. The molecule has 1 saturated heterocycles. The molecule has 128 valence electrons. The highest BCUT2D eigenvalue weighted by molar-refractivity contribution is 9.10. The van der Waals surface area contributed by atoms with Gasteiger partial charge in [0.2, 0.25) is 11.8 Å². The summed E-state index contributed by atoms with van der Waals surface area (Å²) in [5.41, 5.74) is 1.13. The number of benzene rings is 2. The molecule has 0 radical (unpaired) electrons. The molecule has 2 aliphatic rings. The van der Waals surface area contributed by atoms with Gasteiger partial charge in [-0.25, -0.2) is 0 Å². The van der Waals surface area contributed by atoms with Gasteiger partial charge in [0.05, 0.1) is 28.0 Å². The van der Waals surface area contributed by atoms with Crippen molar-refractivity contribution in [1.82, 2.24) is 4.57 Å². The molecule has 0 spiro atoms. The first kappa shape index (κ1) is 15.3. The van der Waals surface area contributed by atoms with E-state index in [0.29, 0.717) is 0 Å². The molecule has 2 atom stereocenters. The molecule has 25 heavy (non-hydrogen) atoms. The SMILES string of the molecule is C[C@]12CC[C@](C)(O1)c1c2c(O)n(-c2cccc3c(Br)cccc23)c1O. The lowest BCUT2D eigenvalue weighted by Crippen LogP contribution is -2.17. The van der Waals surface area contributed by atoms with Gasteiger partial charge in [0.15, 0.2) is 0 Å². The minimum atomic E-state index is -0.540. The van der Waals surface area contributed by atoms with Crippen molar-refractivity contribution < 1.29 is 14.9 Å². The quantitative estimate of drug-likeness (QED) is 0.601. The Morgan fingerprint density at radius 3 is 2.12 bits per heavy atom. The van der Waals surface area contributed by atoms with E-state index in [-0.39, 0.29) is 11.8 Å². The van der Waals surface area contributed by atoms with Crippen molar-refractivity contribution in [2.75, 3.05) is 0 Å². The Morgan fingerprint density at radius 1 is 0.920 bits per heavy atom. The number of aromatic hydroxyl groups is 2. The Bertz CT molecular complexity index is 1020. The zero-order chi connectivity index (χ0) is 17.6. The van der Waals surface area contributed by atoms with Crippen LogP contribution in [0.1, 0.15) is 37.8 Å². The van der Waals surface area contributed by atoms with Crippen LogP contribution in [-0.2, 0) is 15.9 Å². The normalized spacial score (nSPS) is 27.2. The van der Waals surface area contributed by atoms with Gasteiger partial charge in [0.1, 0.15) is 0 Å². The topological polar surface area (TPSA) is 54.6 Å². The molecule has 1 fully saturated rings. The fourth-order valence-corrected chi connectivity index (χ4v) is 5.15. The monoisotopic (exact) mass is 399 g/mol. The third-order valence-electron chi connectivity index (χ3n) is 5.79. The van der Waals surface area contributed by atoms with E-state index in [9.17, 15) is 10.2 Å². The summed E-state index contributed by atoms with van der Waals surface area (Å²) in [5, 5.41) is 24.0. The van der Waals surface area contributed by atoms with Crippen LogP contribution in [0, 0.1) is 0 Å². The van der Waals surface area contributed by atoms with Crippen molar-refractivity contribution in [2.24, 2.45) is 0 Å². The molecular formula is C20H18BrNO3. The molecule has 0 amide bonds. The van der Waals surface area contributed by atoms with Crippen LogP contribution in [0.15, 0.2) is 40.9 Å². The number of nitrogens with zero attached hydrogens (tertiary/aromatic N) is 1. The molecule has 5 heteroatoms. The van der Waals surface area contributed by atoms with E-state index in [1.165, 1.54) is 0 Å². The van der Waals surface area contributed by atoms with E-state index in [1.54, 1.807) is 4.57 Å². The van der Waals surface area contributed by atoms with Crippen molar-refractivity contribution in [3.8, 4) is 17.4 Å². The van der Waals surface area contributed by atoms with Crippen LogP contribution in [0.3, 0.4) is 0 Å². The first-order chi connectivity index (χ1) is 11.9. The summed E-state index contributed by atoms with van der Waals surface area (Å²) in [7, 11) is 0. The highest BCUT2D eigenvalue weighted by atomic mass is 79.9. The molecule has 2 bridgehead atoms. The number of aromatic nitrogens is 1. The van der Waals surface area contributed by atoms with Gasteiger partial charge in [-0.2, -0.15) is 0 Å². The van der Waals surface area contributed by atoms with Gasteiger partial charge >= 0.3 is 0 Å². The Hall–Kier alpha value is -1.98. The van der Waals surface area contributed by atoms with E-state index in [0.717, 1.165) is 44.9 Å². The first-order valence-corrected chi connectivity index (χ1v) is 9.20. The van der Waals surface area contributed by atoms with E-state index < -0.39 is 11.2 Å². The van der Waals surface area contributed by atoms with Crippen LogP contribution in [0.2, 0.25) is 0 Å². The Balaban J connectivity index is 1.87. The zero-order valence-corrected chi connectivity index (χ0v) is 15.6. The molecule has 3 heterocycles. The molecule has 2 N–H and O–H groups in total. The van der Waals surface area contributed by atoms with E-state index in [2.05, 4.69) is 15.9 Å². The predicted octanol–water partition coefficient (Wildman–Crippen LogP) is 5.06. The van der Waals surface area contributed by atoms with Crippen LogP contribution in [-0.4, -0.2) is 14.8 Å². The summed E-state index contributed by atoms with van der Waals surface area (Å²) in [5.74, 6) is 0.150. The van der Waals surface area contributed by atoms with Crippen LogP contribution < -0.4 is 0 Å². The molecule has 0 unspecified atom stereocenters. The number of hydrogen-bond acceptors (Lipinski definition) is 3. The number of ether oxygens (including phenoxy) is 1. The maximum Gasteiger partial charge on any atom is 0.205 e. The molecule has 0 aliphatic carbocycles. The van der Waals surface area contributed by atoms with Crippen LogP contribution in [0.4, 0.5) is 0 Å². The standard InChI is InChI=1S/C20H18BrNO3/c1-19-9-10-20(2,25-19)16-15(19)17(23)22(18(16)24)14-8-4-5-11-12(14)6-3-7-13(11)21/h3-8,23-24H,9-10H2,1-2H3/t19-,20+. The van der Waals surface area contributed by atoms with Crippen molar-refractivity contribution in [3.63, 3.8) is 0 Å². The summed E-state index contributed by atoms with van der Waals surface area (Å²) < 4.78 is 8.71. The second-order valence-corrected chi connectivity index (χ2v) is 8.26. The average molecular weight is 400 g/mol. The van der Waals surface area contributed by atoms with Gasteiger partial charge in [-0.1, -0.05) is 40.2 Å². The summed E-state index contributed by atoms with van der Waals surface area (Å²) in [6.07, 6.45) is 1.68. The highest BCUT2D eigenvalue weighted by Gasteiger charge is 2.59. The summed E-state index contributed by atoms with van der Waals surface area (Å²) >= 11 is 3.58. The molecule has 5 rings (SSSR count). The van der Waals surface area contributed by atoms with Crippen molar-refractivity contribution >= 4 is 26.7 Å². The van der Waals surface area contributed by atoms with Gasteiger partial charge in [-0.05, 0) is 44.2 Å². The Labute approximate surface area is 153 Å². The molecule has 0 saturated carbocycles. The van der Waals surface area contributed by atoms with Crippen molar-refractivity contribution in [3.05, 3.63) is 52.0 Å². The lowest BCUT2D eigenvalue weighted by Gasteiger charge is -2.21. The van der Waals surface area contributed by atoms with Gasteiger partial charge in [0, 0.05) is 9.86 Å². The molecule has 2 aliphatic heterocycles. The highest BCUT2D eigenvalue weighted by Crippen LogP contribution is 2.64. The Kier molecular flexibility index (Phi) is 2.81. The van der Waals surface area contributed by atoms with E-state index in [4.69, 9.17) is 4.74 Å². The van der Waals surface area contributed by atoms with Crippen molar-refractivity contribution in [2.45, 2.75) is 37.9 Å². The summed E-state index contributed by atoms with van der Waals surface area (Å²) in [4.78, 5) is 0. The second kappa shape index (κ2) is 4.59. The van der Waals surface area contributed by atoms with E-state index in [1.807, 2.05) is 50.2 Å². The molecule has 4 nitrogen and oxygen atoms in total. The number of fused-ring (bicyclic) bond motifs is 6. The summed E-state index contributed by atoms with van der Waals surface area (Å²) in [6.45, 7) is 3.99. The molecule has 1 aromatic heterocycles. The maximum absolute atomic E-state index is 11.0. The third kappa shape index (κ3) is 1.75. The van der Waals surface area contributed by atoms with Gasteiger partial charge in [-0.3, -0.25) is 4.57 Å². The number of hydrogen-bond donors (Lipinski definition) is 2. The Morgan fingerprint density at radius 2 is 1.48 bits per heavy atom. The van der Waals surface area contributed by atoms with Crippen LogP contribution >= 0.6 is 15.9 Å². The second-order valence-electron chi connectivity index (χ2n) is 7.41. The van der Waals surface area contributed by atoms with Crippen molar-refractivity contribution in [1.29, 1.82) is 0 Å². The molecular weight excluding hydrogens is 382 g/mol. The smallest absolute Gasteiger partial charge is 0.205 e. The van der Waals surface area contributed by atoms with Crippen LogP contribution in [0.25, 0.3) is 16.5 Å². The minimum Gasteiger partial charge on any atom is -0.494 e. The lowest BCUT2D eigenvalue weighted by atomic mass is 9.80. The van der Waals surface area contributed by atoms with Gasteiger partial charge < -0.3 is 14.9 Å². The lowest BCUT2D eigenvalue weighted by molar-refractivity contribution is -0.0683. The van der Waals surface area contributed by atoms with E-state index >= 15 is 0 Å². The first-order valence-electron chi connectivity index (χ1n) is 8.41. The number of halogens is 1. The minimum absolute atomic E-state index is 0.0749. The average Bonchev–Trinajstić information content (AvgIpc) is 3.12. The molecule has 2 aromatic carbocycles. The predicted molar refractivity (Wildman–Crippen MR) is 99.3 cm³/mol. The zero-order valence-electron chi connectivity index (χ0n) is 14.0. The van der Waals surface area contributed by atoms with Crippen LogP contribution in [0.5, 0.6) is 11.8 Å².